The third-order valence-electron chi connectivity index (χ3n) is 4.12. The molecule has 0 fully saturated rings. The lowest BCUT2D eigenvalue weighted by Gasteiger charge is -2.08. The second-order valence-corrected chi connectivity index (χ2v) is 8.36. The predicted molar refractivity (Wildman–Crippen MR) is 114 cm³/mol. The maximum absolute atomic E-state index is 12.4. The van der Waals surface area contributed by atoms with Crippen molar-refractivity contribution in [2.24, 2.45) is 0 Å². The topological polar surface area (TPSA) is 93.1 Å². The van der Waals surface area contributed by atoms with Crippen LogP contribution >= 0.6 is 0 Å². The van der Waals surface area contributed by atoms with E-state index in [0.29, 0.717) is 16.8 Å². The fourth-order valence-corrected chi connectivity index (χ4v) is 3.77. The third kappa shape index (κ3) is 5.63. The Morgan fingerprint density at radius 3 is 2.41 bits per heavy atom. The third-order valence-corrected chi connectivity index (χ3v) is 5.44. The fraction of sp³-hybridized carbons (Fsp3) is 0.143. The molecule has 0 aliphatic rings. The van der Waals surface area contributed by atoms with Crippen LogP contribution in [0.2, 0.25) is 0 Å². The van der Waals surface area contributed by atoms with E-state index in [2.05, 4.69) is 21.7 Å². The van der Waals surface area contributed by atoms with Crippen molar-refractivity contribution in [1.29, 1.82) is 0 Å². The Hall–Kier alpha value is -3.23. The summed E-state index contributed by atoms with van der Waals surface area (Å²) in [6.45, 7) is 5.64. The Balaban J connectivity index is 1.62. The van der Waals surface area contributed by atoms with Gasteiger partial charge in [-0.25, -0.2) is 17.8 Å². The standard InChI is InChI=1S/C21H22N4O3S/c1-3-12-23-29(27,28)15-17-4-8-19(9-5-17)24-21(26)18-6-10-20(11-7-18)25-14-16(2)13-22-25/h3-11,13-14,23H,1,12,15H2,2H3,(H,24,26). The number of benzene rings is 2. The van der Waals surface area contributed by atoms with Crippen LogP contribution in [0.25, 0.3) is 5.69 Å². The molecule has 2 N–H and O–H groups in total. The summed E-state index contributed by atoms with van der Waals surface area (Å²) in [4.78, 5) is 12.4. The van der Waals surface area contributed by atoms with Gasteiger partial charge in [0.1, 0.15) is 0 Å². The van der Waals surface area contributed by atoms with Gasteiger partial charge in [0, 0.05) is 24.0 Å². The Labute approximate surface area is 170 Å². The molecule has 0 saturated carbocycles. The molecule has 2 aromatic carbocycles. The van der Waals surface area contributed by atoms with Gasteiger partial charge >= 0.3 is 0 Å². The summed E-state index contributed by atoms with van der Waals surface area (Å²) in [5.41, 5.74) is 3.64. The molecule has 3 rings (SSSR count). The largest absolute Gasteiger partial charge is 0.322 e. The number of amides is 1. The lowest BCUT2D eigenvalue weighted by molar-refractivity contribution is 0.102. The van der Waals surface area contributed by atoms with E-state index >= 15 is 0 Å². The molecule has 0 bridgehead atoms. The van der Waals surface area contributed by atoms with Crippen molar-refractivity contribution in [3.05, 3.63) is 90.3 Å². The molecular weight excluding hydrogens is 388 g/mol. The van der Waals surface area contributed by atoms with Gasteiger partial charge in [0.15, 0.2) is 0 Å². The average Bonchev–Trinajstić information content (AvgIpc) is 3.14. The average molecular weight is 410 g/mol. The molecule has 0 aliphatic heterocycles. The number of hydrogen-bond donors (Lipinski definition) is 2. The number of nitrogens with one attached hydrogen (secondary N) is 2. The van der Waals surface area contributed by atoms with Gasteiger partial charge in [0.2, 0.25) is 10.0 Å². The molecule has 8 heteroatoms. The molecule has 7 nitrogen and oxygen atoms in total. The summed E-state index contributed by atoms with van der Waals surface area (Å²) in [6.07, 6.45) is 5.16. The zero-order chi connectivity index (χ0) is 20.9. The zero-order valence-electron chi connectivity index (χ0n) is 16.0. The van der Waals surface area contributed by atoms with Crippen LogP contribution in [-0.4, -0.2) is 30.7 Å². The van der Waals surface area contributed by atoms with Crippen LogP contribution < -0.4 is 10.0 Å². The van der Waals surface area contributed by atoms with Gasteiger partial charge in [0.05, 0.1) is 17.6 Å². The lowest BCUT2D eigenvalue weighted by Crippen LogP contribution is -2.25. The van der Waals surface area contributed by atoms with Crippen molar-refractivity contribution in [2.45, 2.75) is 12.7 Å². The molecule has 0 unspecified atom stereocenters. The molecule has 1 heterocycles. The van der Waals surface area contributed by atoms with Crippen LogP contribution in [0, 0.1) is 6.92 Å². The monoisotopic (exact) mass is 410 g/mol. The maximum Gasteiger partial charge on any atom is 0.255 e. The van der Waals surface area contributed by atoms with Gasteiger partial charge in [-0.2, -0.15) is 5.10 Å². The first kappa shape index (κ1) is 20.5. The van der Waals surface area contributed by atoms with E-state index in [4.69, 9.17) is 0 Å². The van der Waals surface area contributed by atoms with Gasteiger partial charge in [-0.05, 0) is 54.4 Å². The van der Waals surface area contributed by atoms with Crippen molar-refractivity contribution in [2.75, 3.05) is 11.9 Å². The Morgan fingerprint density at radius 1 is 1.14 bits per heavy atom. The van der Waals surface area contributed by atoms with E-state index in [9.17, 15) is 13.2 Å². The van der Waals surface area contributed by atoms with E-state index < -0.39 is 10.0 Å². The number of sulfonamides is 1. The van der Waals surface area contributed by atoms with E-state index in [-0.39, 0.29) is 18.2 Å². The van der Waals surface area contributed by atoms with Gasteiger partial charge in [-0.1, -0.05) is 18.2 Å². The molecule has 3 aromatic rings. The minimum Gasteiger partial charge on any atom is -0.322 e. The highest BCUT2D eigenvalue weighted by molar-refractivity contribution is 7.88. The van der Waals surface area contributed by atoms with Crippen molar-refractivity contribution < 1.29 is 13.2 Å². The van der Waals surface area contributed by atoms with Gasteiger partial charge < -0.3 is 5.32 Å². The molecule has 1 amide bonds. The van der Waals surface area contributed by atoms with E-state index in [1.165, 1.54) is 6.08 Å². The predicted octanol–water partition coefficient (Wildman–Crippen LogP) is 3.04. The van der Waals surface area contributed by atoms with Crippen LogP contribution in [0.4, 0.5) is 5.69 Å². The molecule has 150 valence electrons. The van der Waals surface area contributed by atoms with E-state index in [1.807, 2.05) is 25.3 Å². The van der Waals surface area contributed by atoms with Crippen molar-refractivity contribution in [3.63, 3.8) is 0 Å². The van der Waals surface area contributed by atoms with Crippen LogP contribution in [-0.2, 0) is 15.8 Å². The number of hydrogen-bond acceptors (Lipinski definition) is 4. The fourth-order valence-electron chi connectivity index (χ4n) is 2.66. The first-order valence-electron chi connectivity index (χ1n) is 8.96. The van der Waals surface area contributed by atoms with Crippen LogP contribution in [0.3, 0.4) is 0 Å². The Morgan fingerprint density at radius 2 is 1.83 bits per heavy atom. The normalized spacial score (nSPS) is 11.2. The molecule has 0 saturated heterocycles. The quantitative estimate of drug-likeness (QED) is 0.558. The second-order valence-electron chi connectivity index (χ2n) is 6.56. The van der Waals surface area contributed by atoms with Gasteiger partial charge in [0.25, 0.3) is 5.91 Å². The molecule has 0 atom stereocenters. The van der Waals surface area contributed by atoms with Crippen molar-refractivity contribution >= 4 is 21.6 Å². The second kappa shape index (κ2) is 8.85. The summed E-state index contributed by atoms with van der Waals surface area (Å²) >= 11 is 0. The highest BCUT2D eigenvalue weighted by atomic mass is 32.2. The zero-order valence-corrected chi connectivity index (χ0v) is 16.8. The molecule has 0 spiro atoms. The van der Waals surface area contributed by atoms with Gasteiger partial charge in [-0.3, -0.25) is 4.79 Å². The van der Waals surface area contributed by atoms with Crippen LogP contribution in [0.5, 0.6) is 0 Å². The minimum absolute atomic E-state index is 0.135. The molecule has 0 radical (unpaired) electrons. The Kier molecular flexibility index (Phi) is 6.26. The molecular formula is C21H22N4O3S. The van der Waals surface area contributed by atoms with Crippen LogP contribution in [0.15, 0.2) is 73.6 Å². The summed E-state index contributed by atoms with van der Waals surface area (Å²) in [6, 6.07) is 13.8. The Bertz CT molecular complexity index is 1100. The number of aryl methyl sites for hydroxylation is 1. The molecule has 29 heavy (non-hydrogen) atoms. The summed E-state index contributed by atoms with van der Waals surface area (Å²) in [5, 5.41) is 7.05. The highest BCUT2D eigenvalue weighted by Gasteiger charge is 2.11. The molecule has 1 aromatic heterocycles. The highest BCUT2D eigenvalue weighted by Crippen LogP contribution is 2.15. The number of carbonyl (C=O) groups excluding carboxylic acids is 1. The number of anilines is 1. The van der Waals surface area contributed by atoms with E-state index in [0.717, 1.165) is 11.3 Å². The maximum atomic E-state index is 12.4. The lowest BCUT2D eigenvalue weighted by atomic mass is 10.1. The number of nitrogens with zero attached hydrogens (tertiary/aromatic N) is 2. The van der Waals surface area contributed by atoms with Crippen LogP contribution in [0.1, 0.15) is 21.5 Å². The number of aromatic nitrogens is 2. The van der Waals surface area contributed by atoms with Gasteiger partial charge in [-0.15, -0.1) is 6.58 Å². The first-order chi connectivity index (χ1) is 13.9. The molecule has 0 aliphatic carbocycles. The van der Waals surface area contributed by atoms with Crippen molar-refractivity contribution in [3.8, 4) is 5.69 Å². The summed E-state index contributed by atoms with van der Waals surface area (Å²) < 4.78 is 28.0. The minimum atomic E-state index is -3.42. The number of carbonyl (C=O) groups is 1. The summed E-state index contributed by atoms with van der Waals surface area (Å²) in [7, 11) is -3.42. The summed E-state index contributed by atoms with van der Waals surface area (Å²) in [5.74, 6) is -0.384. The smallest absolute Gasteiger partial charge is 0.255 e. The van der Waals surface area contributed by atoms with E-state index in [1.54, 1.807) is 47.3 Å². The number of rotatable bonds is 8. The van der Waals surface area contributed by atoms with Crippen molar-refractivity contribution in [1.82, 2.24) is 14.5 Å². The SMILES string of the molecule is C=CCNS(=O)(=O)Cc1ccc(NC(=O)c2ccc(-n3cc(C)cn3)cc2)cc1. The first-order valence-corrected chi connectivity index (χ1v) is 10.6.